The number of hydrogen-bond acceptors (Lipinski definition) is 3. The molecule has 2 aromatic carbocycles. The summed E-state index contributed by atoms with van der Waals surface area (Å²) in [6.07, 6.45) is 4.18. The van der Waals surface area contributed by atoms with Gasteiger partial charge in [-0.25, -0.2) is 12.8 Å². The summed E-state index contributed by atoms with van der Waals surface area (Å²) >= 11 is 0. The van der Waals surface area contributed by atoms with E-state index in [4.69, 9.17) is 0 Å². The van der Waals surface area contributed by atoms with Gasteiger partial charge < -0.3 is 5.73 Å². The van der Waals surface area contributed by atoms with Gasteiger partial charge in [-0.05, 0) is 74.2 Å². The Labute approximate surface area is 130 Å². The zero-order valence-corrected chi connectivity index (χ0v) is 13.4. The Bertz CT molecular complexity index is 757. The van der Waals surface area contributed by atoms with Crippen molar-refractivity contribution >= 4 is 9.84 Å². The summed E-state index contributed by atoms with van der Waals surface area (Å²) < 4.78 is 38.2. The maximum atomic E-state index is 13.2. The number of sulfone groups is 1. The third-order valence-electron chi connectivity index (χ3n) is 3.74. The lowest BCUT2D eigenvalue weighted by Crippen LogP contribution is -2.07. The van der Waals surface area contributed by atoms with E-state index in [1.165, 1.54) is 30.8 Å². The van der Waals surface area contributed by atoms with E-state index in [1.807, 2.05) is 6.07 Å². The second-order valence-electron chi connectivity index (χ2n) is 5.10. The standard InChI is InChI=1S/C16H15FO2S.CH5N/c17-14-6-3-7-15(11-14)20(18,19)16-9-8-12-4-1-2-5-13(12)10-16;1-2/h3,6-11H,1-2,4-5H2;2H2,1H3. The molecular formula is C17H20FNO2S. The van der Waals surface area contributed by atoms with E-state index in [0.717, 1.165) is 37.3 Å². The molecule has 22 heavy (non-hydrogen) atoms. The molecule has 0 amide bonds. The van der Waals surface area contributed by atoms with Gasteiger partial charge in [-0.15, -0.1) is 0 Å². The molecule has 0 saturated heterocycles. The maximum absolute atomic E-state index is 13.2. The van der Waals surface area contributed by atoms with Crippen LogP contribution in [-0.2, 0) is 22.7 Å². The normalized spacial score (nSPS) is 13.8. The van der Waals surface area contributed by atoms with Crippen molar-refractivity contribution in [3.63, 3.8) is 0 Å². The Morgan fingerprint density at radius 1 is 0.909 bits per heavy atom. The molecule has 3 nitrogen and oxygen atoms in total. The molecule has 2 N–H and O–H groups in total. The molecule has 0 heterocycles. The molecule has 5 heteroatoms. The van der Waals surface area contributed by atoms with E-state index in [-0.39, 0.29) is 9.79 Å². The minimum absolute atomic E-state index is 0.00765. The number of rotatable bonds is 2. The molecule has 0 unspecified atom stereocenters. The number of hydrogen-bond donors (Lipinski definition) is 1. The summed E-state index contributed by atoms with van der Waals surface area (Å²) in [5, 5.41) is 0. The molecule has 0 fully saturated rings. The average molecular weight is 321 g/mol. The van der Waals surface area contributed by atoms with Crippen LogP contribution in [0.15, 0.2) is 52.3 Å². The quantitative estimate of drug-likeness (QED) is 0.924. The van der Waals surface area contributed by atoms with Crippen LogP contribution < -0.4 is 5.73 Å². The van der Waals surface area contributed by atoms with E-state index in [2.05, 4.69) is 5.73 Å². The highest BCUT2D eigenvalue weighted by molar-refractivity contribution is 7.91. The lowest BCUT2D eigenvalue weighted by atomic mass is 9.92. The lowest BCUT2D eigenvalue weighted by molar-refractivity contribution is 0.590. The third-order valence-corrected chi connectivity index (χ3v) is 5.49. The summed E-state index contributed by atoms with van der Waals surface area (Å²) in [6.45, 7) is 0. The van der Waals surface area contributed by atoms with E-state index in [0.29, 0.717) is 0 Å². The largest absolute Gasteiger partial charge is 0.333 e. The van der Waals surface area contributed by atoms with Gasteiger partial charge >= 0.3 is 0 Å². The molecule has 0 saturated carbocycles. The molecule has 0 spiro atoms. The minimum atomic E-state index is -3.63. The fraction of sp³-hybridized carbons (Fsp3) is 0.294. The van der Waals surface area contributed by atoms with Gasteiger partial charge in [0, 0.05) is 0 Å². The van der Waals surface area contributed by atoms with Crippen LogP contribution in [0.4, 0.5) is 4.39 Å². The predicted octanol–water partition coefficient (Wildman–Crippen LogP) is 3.11. The number of halogens is 1. The zero-order valence-electron chi connectivity index (χ0n) is 12.5. The molecule has 0 aliphatic heterocycles. The summed E-state index contributed by atoms with van der Waals surface area (Å²) in [5.74, 6) is -0.538. The van der Waals surface area contributed by atoms with Crippen molar-refractivity contribution < 1.29 is 12.8 Å². The first-order chi connectivity index (χ1) is 10.6. The number of nitrogens with two attached hydrogens (primary N) is 1. The van der Waals surface area contributed by atoms with Gasteiger partial charge in [-0.3, -0.25) is 0 Å². The fourth-order valence-corrected chi connectivity index (χ4v) is 3.99. The first-order valence-corrected chi connectivity index (χ1v) is 8.76. The first kappa shape index (κ1) is 16.6. The van der Waals surface area contributed by atoms with Crippen molar-refractivity contribution in [1.29, 1.82) is 0 Å². The van der Waals surface area contributed by atoms with E-state index in [9.17, 15) is 12.8 Å². The summed E-state index contributed by atoms with van der Waals surface area (Å²) in [5.41, 5.74) is 6.84. The summed E-state index contributed by atoms with van der Waals surface area (Å²) in [7, 11) is -2.13. The molecule has 0 radical (unpaired) electrons. The van der Waals surface area contributed by atoms with Crippen molar-refractivity contribution in [2.75, 3.05) is 7.05 Å². The molecule has 0 atom stereocenters. The highest BCUT2D eigenvalue weighted by Gasteiger charge is 2.20. The minimum Gasteiger partial charge on any atom is -0.333 e. The monoisotopic (exact) mass is 321 g/mol. The summed E-state index contributed by atoms with van der Waals surface area (Å²) in [6, 6.07) is 10.4. The second-order valence-corrected chi connectivity index (χ2v) is 7.05. The number of benzene rings is 2. The topological polar surface area (TPSA) is 60.2 Å². The average Bonchev–Trinajstić information content (AvgIpc) is 2.56. The molecule has 118 valence electrons. The van der Waals surface area contributed by atoms with Gasteiger partial charge in [0.05, 0.1) is 9.79 Å². The highest BCUT2D eigenvalue weighted by atomic mass is 32.2. The van der Waals surface area contributed by atoms with Crippen LogP contribution in [-0.4, -0.2) is 15.5 Å². The Balaban J connectivity index is 0.000000847. The third kappa shape index (κ3) is 3.36. The molecule has 1 aliphatic rings. The molecule has 0 aromatic heterocycles. The lowest BCUT2D eigenvalue weighted by Gasteiger charge is -2.16. The van der Waals surface area contributed by atoms with Crippen molar-refractivity contribution in [3.05, 3.63) is 59.4 Å². The van der Waals surface area contributed by atoms with Crippen LogP contribution in [0, 0.1) is 5.82 Å². The SMILES string of the molecule is CN.O=S(=O)(c1cccc(F)c1)c1ccc2c(c1)CCCC2. The molecule has 1 aliphatic carbocycles. The number of fused-ring (bicyclic) bond motifs is 1. The van der Waals surface area contributed by atoms with E-state index < -0.39 is 15.7 Å². The molecular weight excluding hydrogens is 301 g/mol. The van der Waals surface area contributed by atoms with Crippen molar-refractivity contribution in [2.45, 2.75) is 35.5 Å². The highest BCUT2D eigenvalue weighted by Crippen LogP contribution is 2.27. The zero-order chi connectivity index (χ0) is 16.2. The van der Waals surface area contributed by atoms with Crippen molar-refractivity contribution in [3.8, 4) is 0 Å². The van der Waals surface area contributed by atoms with Gasteiger partial charge in [0.15, 0.2) is 0 Å². The Morgan fingerprint density at radius 2 is 1.55 bits per heavy atom. The summed E-state index contributed by atoms with van der Waals surface area (Å²) in [4.78, 5) is 0.261. The van der Waals surface area contributed by atoms with Crippen LogP contribution in [0.2, 0.25) is 0 Å². The van der Waals surface area contributed by atoms with E-state index >= 15 is 0 Å². The van der Waals surface area contributed by atoms with Crippen LogP contribution >= 0.6 is 0 Å². The van der Waals surface area contributed by atoms with Crippen molar-refractivity contribution in [2.24, 2.45) is 5.73 Å². The second kappa shape index (κ2) is 7.03. The molecule has 3 rings (SSSR count). The Kier molecular flexibility index (Phi) is 5.32. The van der Waals surface area contributed by atoms with Gasteiger partial charge in [-0.1, -0.05) is 12.1 Å². The van der Waals surface area contributed by atoms with Crippen LogP contribution in [0.3, 0.4) is 0 Å². The maximum Gasteiger partial charge on any atom is 0.206 e. The van der Waals surface area contributed by atoms with Gasteiger partial charge in [-0.2, -0.15) is 0 Å². The Morgan fingerprint density at radius 3 is 2.23 bits per heavy atom. The Hall–Kier alpha value is -1.72. The number of aryl methyl sites for hydroxylation is 2. The van der Waals surface area contributed by atoms with Crippen LogP contribution in [0.25, 0.3) is 0 Å². The first-order valence-electron chi connectivity index (χ1n) is 7.27. The van der Waals surface area contributed by atoms with Gasteiger partial charge in [0.25, 0.3) is 0 Å². The fourth-order valence-electron chi connectivity index (χ4n) is 2.65. The molecule has 0 bridgehead atoms. The van der Waals surface area contributed by atoms with Crippen molar-refractivity contribution in [1.82, 2.24) is 0 Å². The molecule has 2 aromatic rings. The smallest absolute Gasteiger partial charge is 0.206 e. The predicted molar refractivity (Wildman–Crippen MR) is 85.0 cm³/mol. The van der Waals surface area contributed by atoms with Gasteiger partial charge in [0.1, 0.15) is 5.82 Å². The van der Waals surface area contributed by atoms with Crippen LogP contribution in [0.5, 0.6) is 0 Å². The van der Waals surface area contributed by atoms with Gasteiger partial charge in [0.2, 0.25) is 9.84 Å². The van der Waals surface area contributed by atoms with E-state index in [1.54, 1.807) is 12.1 Å². The van der Waals surface area contributed by atoms with Crippen LogP contribution in [0.1, 0.15) is 24.0 Å².